The van der Waals surface area contributed by atoms with Crippen LogP contribution in [0, 0.1) is 5.82 Å². The van der Waals surface area contributed by atoms with Crippen LogP contribution in [0.2, 0.25) is 5.02 Å². The molecule has 0 aliphatic rings. The maximum absolute atomic E-state index is 13.8. The average Bonchev–Trinajstić information content (AvgIpc) is 2.22. The van der Waals surface area contributed by atoms with Crippen molar-refractivity contribution in [3.8, 4) is 0 Å². The fraction of sp³-hybridized carbons (Fsp3) is 0.500. The van der Waals surface area contributed by atoms with Crippen LogP contribution < -0.4 is 0 Å². The highest BCUT2D eigenvalue weighted by Crippen LogP contribution is 2.30. The predicted molar refractivity (Wildman–Crippen MR) is 69.8 cm³/mol. The van der Waals surface area contributed by atoms with Gasteiger partial charge in [0.1, 0.15) is 11.9 Å². The molecule has 0 heterocycles. The van der Waals surface area contributed by atoms with Crippen LogP contribution in [0.25, 0.3) is 0 Å². The van der Waals surface area contributed by atoms with Crippen molar-refractivity contribution in [2.45, 2.75) is 32.5 Å². The Morgan fingerprint density at radius 2 is 2.06 bits per heavy atom. The molecule has 0 aromatic heterocycles. The summed E-state index contributed by atoms with van der Waals surface area (Å²) in [5.74, 6) is -0.619. The third-order valence-electron chi connectivity index (χ3n) is 2.10. The van der Waals surface area contributed by atoms with Crippen LogP contribution >= 0.6 is 27.5 Å². The highest BCUT2D eigenvalue weighted by Gasteiger charge is 2.19. The molecule has 0 saturated carbocycles. The zero-order valence-electron chi connectivity index (χ0n) is 9.93. The number of aliphatic hydroxyl groups is 1. The summed E-state index contributed by atoms with van der Waals surface area (Å²) in [4.78, 5) is 0. The molecule has 1 unspecified atom stereocenters. The van der Waals surface area contributed by atoms with Gasteiger partial charge < -0.3 is 9.84 Å². The van der Waals surface area contributed by atoms with E-state index in [0.29, 0.717) is 4.47 Å². The van der Waals surface area contributed by atoms with Crippen molar-refractivity contribution < 1.29 is 14.2 Å². The lowest BCUT2D eigenvalue weighted by Crippen LogP contribution is -2.23. The summed E-state index contributed by atoms with van der Waals surface area (Å²) in [6, 6.07) is 3.09. The Bertz CT molecular complexity index is 404. The standard InChI is InChI=1S/C12H15BrClFO2/c1-12(2,3)17-6-9(16)7-4-5-8(13)10(14)11(7)15/h4-5,9,16H,6H2,1-3H3. The molecule has 0 bridgehead atoms. The van der Waals surface area contributed by atoms with E-state index in [1.165, 1.54) is 6.07 Å². The predicted octanol–water partition coefficient (Wildman–Crippen LogP) is 4.09. The van der Waals surface area contributed by atoms with Crippen molar-refractivity contribution in [3.63, 3.8) is 0 Å². The SMILES string of the molecule is CC(C)(C)OCC(O)c1ccc(Br)c(Cl)c1F. The number of benzene rings is 1. The van der Waals surface area contributed by atoms with Gasteiger partial charge in [0.05, 0.1) is 17.2 Å². The molecule has 1 atom stereocenters. The molecule has 0 saturated heterocycles. The van der Waals surface area contributed by atoms with E-state index in [1.54, 1.807) is 6.07 Å². The van der Waals surface area contributed by atoms with E-state index >= 15 is 0 Å². The number of rotatable bonds is 3. The van der Waals surface area contributed by atoms with Crippen molar-refractivity contribution >= 4 is 27.5 Å². The maximum Gasteiger partial charge on any atom is 0.148 e. The Hall–Kier alpha value is -0.160. The van der Waals surface area contributed by atoms with Gasteiger partial charge in [-0.2, -0.15) is 0 Å². The molecule has 0 aliphatic carbocycles. The van der Waals surface area contributed by atoms with E-state index in [0.717, 1.165) is 0 Å². The Morgan fingerprint density at radius 3 is 2.59 bits per heavy atom. The maximum atomic E-state index is 13.8. The summed E-state index contributed by atoms with van der Waals surface area (Å²) in [6.45, 7) is 5.62. The summed E-state index contributed by atoms with van der Waals surface area (Å²) in [6.07, 6.45) is -1.03. The van der Waals surface area contributed by atoms with Crippen molar-refractivity contribution in [1.29, 1.82) is 0 Å². The summed E-state index contributed by atoms with van der Waals surface area (Å²) in [7, 11) is 0. The summed E-state index contributed by atoms with van der Waals surface area (Å²) >= 11 is 8.86. The molecular weight excluding hydrogens is 310 g/mol. The van der Waals surface area contributed by atoms with Crippen LogP contribution in [-0.2, 0) is 4.74 Å². The lowest BCUT2D eigenvalue weighted by atomic mass is 10.1. The molecule has 1 rings (SSSR count). The van der Waals surface area contributed by atoms with Crippen LogP contribution in [0.3, 0.4) is 0 Å². The van der Waals surface area contributed by atoms with Crippen molar-refractivity contribution in [3.05, 3.63) is 33.0 Å². The number of hydrogen-bond acceptors (Lipinski definition) is 2. The Morgan fingerprint density at radius 1 is 1.47 bits per heavy atom. The minimum Gasteiger partial charge on any atom is -0.386 e. The first kappa shape index (κ1) is 14.9. The molecule has 96 valence electrons. The number of hydrogen-bond donors (Lipinski definition) is 1. The normalized spacial score (nSPS) is 13.8. The van der Waals surface area contributed by atoms with E-state index < -0.39 is 11.9 Å². The molecule has 0 amide bonds. The lowest BCUT2D eigenvalue weighted by molar-refractivity contribution is -0.0504. The van der Waals surface area contributed by atoms with Crippen molar-refractivity contribution in [2.75, 3.05) is 6.61 Å². The van der Waals surface area contributed by atoms with Gasteiger partial charge in [0, 0.05) is 10.0 Å². The third-order valence-corrected chi connectivity index (χ3v) is 3.36. The monoisotopic (exact) mass is 324 g/mol. The van der Waals surface area contributed by atoms with Crippen LogP contribution in [0.15, 0.2) is 16.6 Å². The van der Waals surface area contributed by atoms with Gasteiger partial charge in [-0.1, -0.05) is 17.7 Å². The molecule has 2 nitrogen and oxygen atoms in total. The van der Waals surface area contributed by atoms with E-state index in [1.807, 2.05) is 20.8 Å². The van der Waals surface area contributed by atoms with Gasteiger partial charge in [-0.05, 0) is 42.8 Å². The minimum atomic E-state index is -1.03. The van der Waals surface area contributed by atoms with E-state index in [9.17, 15) is 9.50 Å². The van der Waals surface area contributed by atoms with Gasteiger partial charge >= 0.3 is 0 Å². The summed E-state index contributed by atoms with van der Waals surface area (Å²) < 4.78 is 19.6. The largest absolute Gasteiger partial charge is 0.386 e. The zero-order valence-corrected chi connectivity index (χ0v) is 12.3. The average molecular weight is 326 g/mol. The molecule has 17 heavy (non-hydrogen) atoms. The molecule has 1 N–H and O–H groups in total. The van der Waals surface area contributed by atoms with Crippen LogP contribution in [0.5, 0.6) is 0 Å². The van der Waals surface area contributed by atoms with Gasteiger partial charge in [-0.15, -0.1) is 0 Å². The molecule has 0 spiro atoms. The third kappa shape index (κ3) is 4.21. The van der Waals surface area contributed by atoms with Gasteiger partial charge in [-0.3, -0.25) is 0 Å². The molecular formula is C12H15BrClFO2. The van der Waals surface area contributed by atoms with Gasteiger partial charge in [0.25, 0.3) is 0 Å². The molecule has 5 heteroatoms. The summed E-state index contributed by atoms with van der Waals surface area (Å²) in [5, 5.41) is 9.81. The second kappa shape index (κ2) is 5.65. The topological polar surface area (TPSA) is 29.5 Å². The Balaban J connectivity index is 2.83. The highest BCUT2D eigenvalue weighted by molar-refractivity contribution is 9.10. The van der Waals surface area contributed by atoms with E-state index in [4.69, 9.17) is 16.3 Å². The van der Waals surface area contributed by atoms with Crippen LogP contribution in [0.1, 0.15) is 32.4 Å². The fourth-order valence-electron chi connectivity index (χ4n) is 1.22. The van der Waals surface area contributed by atoms with Crippen LogP contribution in [0.4, 0.5) is 4.39 Å². The zero-order chi connectivity index (χ0) is 13.2. The number of aliphatic hydroxyl groups excluding tert-OH is 1. The Labute approximate surface area is 114 Å². The quantitative estimate of drug-likeness (QED) is 0.848. The van der Waals surface area contributed by atoms with Crippen molar-refractivity contribution in [1.82, 2.24) is 0 Å². The molecule has 0 aliphatic heterocycles. The minimum absolute atomic E-state index is 0.0262. The second-order valence-electron chi connectivity index (χ2n) is 4.70. The number of halogens is 3. The molecule has 0 fully saturated rings. The molecule has 1 aromatic rings. The Kier molecular flexibility index (Phi) is 4.95. The first-order valence-electron chi connectivity index (χ1n) is 5.18. The smallest absolute Gasteiger partial charge is 0.148 e. The van der Waals surface area contributed by atoms with Gasteiger partial charge in [-0.25, -0.2) is 4.39 Å². The van der Waals surface area contributed by atoms with E-state index in [2.05, 4.69) is 15.9 Å². The first-order valence-corrected chi connectivity index (χ1v) is 6.35. The molecule has 1 aromatic carbocycles. The molecule has 0 radical (unpaired) electrons. The second-order valence-corrected chi connectivity index (χ2v) is 5.94. The highest BCUT2D eigenvalue weighted by atomic mass is 79.9. The fourth-order valence-corrected chi connectivity index (χ4v) is 1.70. The van der Waals surface area contributed by atoms with Gasteiger partial charge in [0.15, 0.2) is 0 Å². The first-order chi connectivity index (χ1) is 7.72. The number of ether oxygens (including phenoxy) is 1. The van der Waals surface area contributed by atoms with Crippen LogP contribution in [-0.4, -0.2) is 17.3 Å². The van der Waals surface area contributed by atoms with Gasteiger partial charge in [0.2, 0.25) is 0 Å². The summed E-state index contributed by atoms with van der Waals surface area (Å²) in [5.41, 5.74) is -0.237. The van der Waals surface area contributed by atoms with E-state index in [-0.39, 0.29) is 22.8 Å². The lowest BCUT2D eigenvalue weighted by Gasteiger charge is -2.22. The van der Waals surface area contributed by atoms with Crippen molar-refractivity contribution in [2.24, 2.45) is 0 Å².